The van der Waals surface area contributed by atoms with Crippen molar-refractivity contribution in [3.8, 4) is 0 Å². The lowest BCUT2D eigenvalue weighted by Gasteiger charge is -2.37. The Bertz CT molecular complexity index is 119. The minimum Gasteiger partial charge on any atom is -0.360 e. The van der Waals surface area contributed by atoms with Crippen LogP contribution in [0.2, 0.25) is 0 Å². The van der Waals surface area contributed by atoms with Crippen LogP contribution in [0.15, 0.2) is 0 Å². The van der Waals surface area contributed by atoms with Crippen molar-refractivity contribution in [2.75, 3.05) is 19.7 Å². The maximum Gasteiger partial charge on any atom is 0.128 e. The third kappa shape index (κ3) is 2.43. The molecule has 0 aromatic rings. The van der Waals surface area contributed by atoms with Crippen molar-refractivity contribution in [3.05, 3.63) is 0 Å². The third-order valence-electron chi connectivity index (χ3n) is 2.03. The fourth-order valence-corrected chi connectivity index (χ4v) is 1.29. The maximum atomic E-state index is 5.54. The lowest BCUT2D eigenvalue weighted by Crippen LogP contribution is -2.61. The molecule has 2 unspecified atom stereocenters. The molecule has 1 heterocycles. The molecule has 0 amide bonds. The van der Waals surface area contributed by atoms with Crippen molar-refractivity contribution in [2.24, 2.45) is 0 Å². The number of hydrogen-bond donors (Lipinski definition) is 2. The second-order valence-electron chi connectivity index (χ2n) is 3.33. The number of rotatable bonds is 2. The summed E-state index contributed by atoms with van der Waals surface area (Å²) in [5.41, 5.74) is -0.152. The lowest BCUT2D eigenvalue weighted by molar-refractivity contribution is -0.0634. The fourth-order valence-electron chi connectivity index (χ4n) is 1.29. The lowest BCUT2D eigenvalue weighted by atomic mass is 10.1. The van der Waals surface area contributed by atoms with Crippen LogP contribution < -0.4 is 10.6 Å². The Morgan fingerprint density at radius 3 is 2.82 bits per heavy atom. The van der Waals surface area contributed by atoms with E-state index in [1.165, 1.54) is 0 Å². The average molecular weight is 158 g/mol. The molecule has 0 aliphatic carbocycles. The monoisotopic (exact) mass is 158 g/mol. The molecule has 3 heteroatoms. The Labute approximate surface area is 68.5 Å². The molecule has 11 heavy (non-hydrogen) atoms. The van der Waals surface area contributed by atoms with Crippen LogP contribution in [0.3, 0.4) is 0 Å². The van der Waals surface area contributed by atoms with E-state index in [2.05, 4.69) is 24.5 Å². The Hall–Kier alpha value is -0.120. The van der Waals surface area contributed by atoms with Gasteiger partial charge in [-0.2, -0.15) is 0 Å². The van der Waals surface area contributed by atoms with E-state index >= 15 is 0 Å². The van der Waals surface area contributed by atoms with Crippen LogP contribution in [-0.2, 0) is 4.74 Å². The molecule has 2 atom stereocenters. The fraction of sp³-hybridized carbons (Fsp3) is 1.00. The predicted molar refractivity (Wildman–Crippen MR) is 45.5 cm³/mol. The van der Waals surface area contributed by atoms with Crippen LogP contribution in [0.1, 0.15) is 20.8 Å². The summed E-state index contributed by atoms with van der Waals surface area (Å²) in [6.45, 7) is 8.90. The van der Waals surface area contributed by atoms with Crippen molar-refractivity contribution >= 4 is 0 Å². The molecule has 0 aromatic carbocycles. The van der Waals surface area contributed by atoms with Gasteiger partial charge in [0, 0.05) is 25.7 Å². The molecule has 0 aromatic heterocycles. The molecule has 1 aliphatic rings. The van der Waals surface area contributed by atoms with Gasteiger partial charge in [-0.05, 0) is 20.8 Å². The van der Waals surface area contributed by atoms with Crippen LogP contribution >= 0.6 is 0 Å². The zero-order valence-corrected chi connectivity index (χ0v) is 7.61. The van der Waals surface area contributed by atoms with E-state index < -0.39 is 0 Å². The van der Waals surface area contributed by atoms with Crippen molar-refractivity contribution in [3.63, 3.8) is 0 Å². The summed E-state index contributed by atoms with van der Waals surface area (Å²) in [7, 11) is 0. The van der Waals surface area contributed by atoms with Gasteiger partial charge < -0.3 is 10.1 Å². The van der Waals surface area contributed by atoms with Gasteiger partial charge in [-0.15, -0.1) is 0 Å². The van der Waals surface area contributed by atoms with Gasteiger partial charge in [0.25, 0.3) is 0 Å². The standard InChI is InChI=1S/C8H18N2O/c1-4-11-8(3)6-9-7(2)5-10-8/h7,9-10H,4-6H2,1-3H3. The van der Waals surface area contributed by atoms with E-state index in [1.54, 1.807) is 0 Å². The number of ether oxygens (including phenoxy) is 1. The largest absolute Gasteiger partial charge is 0.360 e. The summed E-state index contributed by atoms with van der Waals surface area (Å²) in [6.07, 6.45) is 0. The first-order chi connectivity index (χ1) is 5.16. The van der Waals surface area contributed by atoms with Crippen LogP contribution in [0.25, 0.3) is 0 Å². The third-order valence-corrected chi connectivity index (χ3v) is 2.03. The first-order valence-corrected chi connectivity index (χ1v) is 4.28. The van der Waals surface area contributed by atoms with Crippen molar-refractivity contribution in [1.29, 1.82) is 0 Å². The predicted octanol–water partition coefficient (Wildman–Crippen LogP) is 0.320. The molecule has 0 saturated carbocycles. The molecule has 3 nitrogen and oxygen atoms in total. The van der Waals surface area contributed by atoms with Crippen LogP contribution in [-0.4, -0.2) is 31.5 Å². The molecule has 0 radical (unpaired) electrons. The summed E-state index contributed by atoms with van der Waals surface area (Å²) in [5.74, 6) is 0. The maximum absolute atomic E-state index is 5.54. The van der Waals surface area contributed by atoms with E-state index in [0.717, 1.165) is 19.7 Å². The smallest absolute Gasteiger partial charge is 0.128 e. The normalized spacial score (nSPS) is 39.0. The highest BCUT2D eigenvalue weighted by molar-refractivity contribution is 4.84. The molecule has 0 bridgehead atoms. The van der Waals surface area contributed by atoms with Gasteiger partial charge >= 0.3 is 0 Å². The number of nitrogens with one attached hydrogen (secondary N) is 2. The zero-order chi connectivity index (χ0) is 8.32. The van der Waals surface area contributed by atoms with Crippen molar-refractivity contribution < 1.29 is 4.74 Å². The summed E-state index contributed by atoms with van der Waals surface area (Å²) in [5, 5.41) is 6.73. The van der Waals surface area contributed by atoms with Gasteiger partial charge in [0.2, 0.25) is 0 Å². The van der Waals surface area contributed by atoms with Gasteiger partial charge in [0.05, 0.1) is 0 Å². The van der Waals surface area contributed by atoms with Crippen LogP contribution in [0.5, 0.6) is 0 Å². The van der Waals surface area contributed by atoms with Gasteiger partial charge in [0.15, 0.2) is 0 Å². The second-order valence-corrected chi connectivity index (χ2v) is 3.33. The number of piperazine rings is 1. The zero-order valence-electron chi connectivity index (χ0n) is 7.61. The van der Waals surface area contributed by atoms with Crippen molar-refractivity contribution in [2.45, 2.75) is 32.5 Å². The Morgan fingerprint density at radius 2 is 2.36 bits per heavy atom. The van der Waals surface area contributed by atoms with E-state index in [1.807, 2.05) is 6.92 Å². The van der Waals surface area contributed by atoms with Gasteiger partial charge in [-0.1, -0.05) is 0 Å². The molecule has 1 rings (SSSR count). The highest BCUT2D eigenvalue weighted by Gasteiger charge is 2.28. The van der Waals surface area contributed by atoms with Gasteiger partial charge in [0.1, 0.15) is 5.72 Å². The Kier molecular flexibility index (Phi) is 2.87. The first kappa shape index (κ1) is 8.97. The molecule has 2 N–H and O–H groups in total. The molecular weight excluding hydrogens is 140 g/mol. The highest BCUT2D eigenvalue weighted by Crippen LogP contribution is 2.08. The average Bonchev–Trinajstić information content (AvgIpc) is 1.97. The minimum absolute atomic E-state index is 0.152. The highest BCUT2D eigenvalue weighted by atomic mass is 16.5. The Balaban J connectivity index is 2.35. The first-order valence-electron chi connectivity index (χ1n) is 4.28. The second kappa shape index (κ2) is 3.52. The number of hydrogen-bond acceptors (Lipinski definition) is 3. The SMILES string of the molecule is CCOC1(C)CNC(C)CN1. The van der Waals surface area contributed by atoms with E-state index in [4.69, 9.17) is 4.74 Å². The van der Waals surface area contributed by atoms with E-state index in [9.17, 15) is 0 Å². The van der Waals surface area contributed by atoms with Gasteiger partial charge in [-0.3, -0.25) is 5.32 Å². The summed E-state index contributed by atoms with van der Waals surface area (Å²) in [4.78, 5) is 0. The molecule has 1 fully saturated rings. The summed E-state index contributed by atoms with van der Waals surface area (Å²) >= 11 is 0. The molecule has 1 aliphatic heterocycles. The minimum atomic E-state index is -0.152. The quantitative estimate of drug-likeness (QED) is 0.607. The van der Waals surface area contributed by atoms with E-state index in [0.29, 0.717) is 6.04 Å². The van der Waals surface area contributed by atoms with Gasteiger partial charge in [-0.25, -0.2) is 0 Å². The molecule has 1 saturated heterocycles. The molecular formula is C8H18N2O. The Morgan fingerprint density at radius 1 is 1.64 bits per heavy atom. The topological polar surface area (TPSA) is 33.3 Å². The van der Waals surface area contributed by atoms with Crippen LogP contribution in [0, 0.1) is 0 Å². The summed E-state index contributed by atoms with van der Waals surface area (Å²) < 4.78 is 5.54. The van der Waals surface area contributed by atoms with Crippen LogP contribution in [0.4, 0.5) is 0 Å². The van der Waals surface area contributed by atoms with Crippen molar-refractivity contribution in [1.82, 2.24) is 10.6 Å². The summed E-state index contributed by atoms with van der Waals surface area (Å²) in [6, 6.07) is 0.559. The van der Waals surface area contributed by atoms with E-state index in [-0.39, 0.29) is 5.72 Å². The molecule has 66 valence electrons. The molecule has 0 spiro atoms.